The van der Waals surface area contributed by atoms with Crippen LogP contribution in [0.5, 0.6) is 0 Å². The second kappa shape index (κ2) is 6.50. The first-order valence-electron chi connectivity index (χ1n) is 6.92. The van der Waals surface area contributed by atoms with E-state index in [0.29, 0.717) is 12.1 Å². The fraction of sp³-hybridized carbons (Fsp3) is 0.533. The van der Waals surface area contributed by atoms with Crippen LogP contribution in [0.3, 0.4) is 0 Å². The van der Waals surface area contributed by atoms with Crippen molar-refractivity contribution in [2.75, 3.05) is 13.7 Å². The summed E-state index contributed by atoms with van der Waals surface area (Å²) in [4.78, 5) is 29.9. The van der Waals surface area contributed by atoms with E-state index in [1.807, 2.05) is 13.0 Å². The van der Waals surface area contributed by atoms with Gasteiger partial charge in [0.15, 0.2) is 0 Å². The highest BCUT2D eigenvalue weighted by molar-refractivity contribution is 5.94. The number of aromatic nitrogens is 1. The summed E-state index contributed by atoms with van der Waals surface area (Å²) in [6, 6.07) is 3.55. The molecule has 1 aliphatic heterocycles. The molecule has 0 aliphatic carbocycles. The normalized spacial score (nSPS) is 18.7. The topological polar surface area (TPSA) is 59.5 Å². The third kappa shape index (κ3) is 3.35. The average molecular weight is 276 g/mol. The Morgan fingerprint density at radius 1 is 1.40 bits per heavy atom. The Morgan fingerprint density at radius 3 is 2.85 bits per heavy atom. The van der Waals surface area contributed by atoms with E-state index in [9.17, 15) is 9.59 Å². The Balaban J connectivity index is 2.12. The van der Waals surface area contributed by atoms with Crippen LogP contribution in [0.4, 0.5) is 0 Å². The van der Waals surface area contributed by atoms with Gasteiger partial charge in [-0.3, -0.25) is 14.6 Å². The molecule has 1 atom stereocenters. The largest absolute Gasteiger partial charge is 0.469 e. The van der Waals surface area contributed by atoms with Gasteiger partial charge in [0.1, 0.15) is 0 Å². The van der Waals surface area contributed by atoms with Crippen molar-refractivity contribution < 1.29 is 14.3 Å². The lowest BCUT2D eigenvalue weighted by molar-refractivity contribution is -0.142. The summed E-state index contributed by atoms with van der Waals surface area (Å²) in [6.45, 7) is 2.57. The van der Waals surface area contributed by atoms with Crippen molar-refractivity contribution in [3.8, 4) is 0 Å². The molecular formula is C15H20N2O3. The Morgan fingerprint density at radius 2 is 2.20 bits per heavy atom. The number of likely N-dealkylation sites (tertiary alicyclic amines) is 1. The summed E-state index contributed by atoms with van der Waals surface area (Å²) in [5.74, 6) is -0.317. The Kier molecular flexibility index (Phi) is 4.71. The zero-order chi connectivity index (χ0) is 14.5. The number of carbonyl (C=O) groups excluding carboxylic acids is 2. The van der Waals surface area contributed by atoms with Crippen molar-refractivity contribution in [3.05, 3.63) is 29.6 Å². The number of pyridine rings is 1. The third-order valence-corrected chi connectivity index (χ3v) is 3.68. The zero-order valence-corrected chi connectivity index (χ0v) is 12.0. The second-order valence-corrected chi connectivity index (χ2v) is 5.12. The molecule has 108 valence electrons. The number of piperidine rings is 1. The molecule has 2 heterocycles. The van der Waals surface area contributed by atoms with E-state index in [1.165, 1.54) is 7.11 Å². The van der Waals surface area contributed by atoms with Gasteiger partial charge in [0, 0.05) is 24.5 Å². The van der Waals surface area contributed by atoms with Gasteiger partial charge in [0.05, 0.1) is 19.1 Å². The number of ether oxygens (including phenoxy) is 1. The number of nitrogens with zero attached hydrogens (tertiary/aromatic N) is 2. The van der Waals surface area contributed by atoms with Gasteiger partial charge in [-0.2, -0.15) is 0 Å². The SMILES string of the molecule is COC(=O)CC1CCCCN1C(=O)c1ccc(C)nc1. The molecule has 0 N–H and O–H groups in total. The van der Waals surface area contributed by atoms with Crippen LogP contribution in [0.25, 0.3) is 0 Å². The minimum atomic E-state index is -0.267. The van der Waals surface area contributed by atoms with Crippen molar-refractivity contribution in [3.63, 3.8) is 0 Å². The molecule has 0 aromatic carbocycles. The molecule has 5 nitrogen and oxygen atoms in total. The lowest BCUT2D eigenvalue weighted by Gasteiger charge is -2.35. The summed E-state index contributed by atoms with van der Waals surface area (Å²) in [7, 11) is 1.38. The van der Waals surface area contributed by atoms with Crippen LogP contribution in [-0.2, 0) is 9.53 Å². The minimum absolute atomic E-state index is 0.0499. The Hall–Kier alpha value is -1.91. The molecule has 1 fully saturated rings. The van der Waals surface area contributed by atoms with Crippen LogP contribution in [0, 0.1) is 6.92 Å². The van der Waals surface area contributed by atoms with Gasteiger partial charge < -0.3 is 9.64 Å². The quantitative estimate of drug-likeness (QED) is 0.792. The first-order valence-corrected chi connectivity index (χ1v) is 6.92. The van der Waals surface area contributed by atoms with E-state index < -0.39 is 0 Å². The van der Waals surface area contributed by atoms with Crippen LogP contribution in [0.2, 0.25) is 0 Å². The molecule has 1 saturated heterocycles. The fourth-order valence-electron chi connectivity index (χ4n) is 2.52. The van der Waals surface area contributed by atoms with Crippen molar-refractivity contribution >= 4 is 11.9 Å². The van der Waals surface area contributed by atoms with Gasteiger partial charge in [-0.1, -0.05) is 0 Å². The summed E-state index contributed by atoms with van der Waals surface area (Å²) in [6.07, 6.45) is 4.73. The third-order valence-electron chi connectivity index (χ3n) is 3.68. The van der Waals surface area contributed by atoms with Gasteiger partial charge >= 0.3 is 5.97 Å². The average Bonchev–Trinajstić information content (AvgIpc) is 2.48. The number of rotatable bonds is 3. The smallest absolute Gasteiger partial charge is 0.307 e. The molecule has 2 rings (SSSR count). The zero-order valence-electron chi connectivity index (χ0n) is 12.0. The number of hydrogen-bond donors (Lipinski definition) is 0. The summed E-state index contributed by atoms with van der Waals surface area (Å²) >= 11 is 0. The fourth-order valence-corrected chi connectivity index (χ4v) is 2.52. The van der Waals surface area contributed by atoms with Crippen molar-refractivity contribution in [1.82, 2.24) is 9.88 Å². The van der Waals surface area contributed by atoms with Crippen LogP contribution in [0.1, 0.15) is 41.7 Å². The molecule has 0 saturated carbocycles. The van der Waals surface area contributed by atoms with Crippen LogP contribution in [0.15, 0.2) is 18.3 Å². The molecule has 1 amide bonds. The molecule has 1 aromatic rings. The Bertz CT molecular complexity index is 484. The van der Waals surface area contributed by atoms with Gasteiger partial charge in [-0.05, 0) is 38.3 Å². The predicted octanol–water partition coefficient (Wildman–Crippen LogP) is 1.95. The molecular weight excluding hydrogens is 256 g/mol. The highest BCUT2D eigenvalue weighted by atomic mass is 16.5. The number of amides is 1. The van der Waals surface area contributed by atoms with Gasteiger partial charge in [0.25, 0.3) is 5.91 Å². The summed E-state index contributed by atoms with van der Waals surface area (Å²) in [5, 5.41) is 0. The van der Waals surface area contributed by atoms with E-state index in [1.54, 1.807) is 17.2 Å². The maximum absolute atomic E-state index is 12.5. The highest BCUT2D eigenvalue weighted by Gasteiger charge is 2.29. The summed E-state index contributed by atoms with van der Waals surface area (Å²) < 4.78 is 4.71. The number of hydrogen-bond acceptors (Lipinski definition) is 4. The molecule has 1 aliphatic rings. The standard InChI is InChI=1S/C15H20N2O3/c1-11-6-7-12(10-16-11)15(19)17-8-4-3-5-13(17)9-14(18)20-2/h6-7,10,13H,3-5,8-9H2,1-2H3. The number of methoxy groups -OCH3 is 1. The van der Waals surface area contributed by atoms with Crippen molar-refractivity contribution in [2.24, 2.45) is 0 Å². The van der Waals surface area contributed by atoms with Gasteiger partial charge in [0.2, 0.25) is 0 Å². The maximum Gasteiger partial charge on any atom is 0.307 e. The van der Waals surface area contributed by atoms with E-state index in [2.05, 4.69) is 4.98 Å². The second-order valence-electron chi connectivity index (χ2n) is 5.12. The summed E-state index contributed by atoms with van der Waals surface area (Å²) in [5.41, 5.74) is 1.46. The van der Waals surface area contributed by atoms with Crippen molar-refractivity contribution in [2.45, 2.75) is 38.6 Å². The molecule has 0 spiro atoms. The van der Waals surface area contributed by atoms with E-state index in [4.69, 9.17) is 4.74 Å². The lowest BCUT2D eigenvalue weighted by Crippen LogP contribution is -2.44. The van der Waals surface area contributed by atoms with Crippen LogP contribution >= 0.6 is 0 Å². The molecule has 0 radical (unpaired) electrons. The molecule has 1 unspecified atom stereocenters. The lowest BCUT2D eigenvalue weighted by atomic mass is 9.98. The van der Waals surface area contributed by atoms with E-state index in [0.717, 1.165) is 25.0 Å². The maximum atomic E-state index is 12.5. The van der Waals surface area contributed by atoms with Crippen molar-refractivity contribution in [1.29, 1.82) is 0 Å². The first-order chi connectivity index (χ1) is 9.61. The predicted molar refractivity (Wildman–Crippen MR) is 74.3 cm³/mol. The number of esters is 1. The van der Waals surface area contributed by atoms with Gasteiger partial charge in [-0.15, -0.1) is 0 Å². The molecule has 1 aromatic heterocycles. The molecule has 0 bridgehead atoms. The molecule has 20 heavy (non-hydrogen) atoms. The number of carbonyl (C=O) groups is 2. The minimum Gasteiger partial charge on any atom is -0.469 e. The van der Waals surface area contributed by atoms with Crippen LogP contribution in [-0.4, -0.2) is 41.5 Å². The Labute approximate surface area is 118 Å². The monoisotopic (exact) mass is 276 g/mol. The highest BCUT2D eigenvalue weighted by Crippen LogP contribution is 2.22. The van der Waals surface area contributed by atoms with Crippen LogP contribution < -0.4 is 0 Å². The molecule has 5 heteroatoms. The first kappa shape index (κ1) is 14.5. The van der Waals surface area contributed by atoms with Gasteiger partial charge in [-0.25, -0.2) is 0 Å². The van der Waals surface area contributed by atoms with E-state index >= 15 is 0 Å². The van der Waals surface area contributed by atoms with E-state index in [-0.39, 0.29) is 24.3 Å². The number of aryl methyl sites for hydroxylation is 1.